The number of thiazole rings is 1. The van der Waals surface area contributed by atoms with E-state index in [9.17, 15) is 13.2 Å². The molecule has 21 heavy (non-hydrogen) atoms. The Balaban J connectivity index is 1.98. The number of rotatable bonds is 5. The van der Waals surface area contributed by atoms with E-state index in [0.717, 1.165) is 11.8 Å². The molecular formula is C13H15N3O3S2. The van der Waals surface area contributed by atoms with Gasteiger partial charge in [0.1, 0.15) is 10.7 Å². The second-order valence-corrected chi connectivity index (χ2v) is 7.39. The van der Waals surface area contributed by atoms with Crippen LogP contribution in [0.15, 0.2) is 34.5 Å². The molecule has 112 valence electrons. The van der Waals surface area contributed by atoms with Crippen LogP contribution in [0.25, 0.3) is 0 Å². The Labute approximate surface area is 126 Å². The lowest BCUT2D eigenvalue weighted by Crippen LogP contribution is -2.23. The summed E-state index contributed by atoms with van der Waals surface area (Å²) in [5.74, 6) is -0.280. The van der Waals surface area contributed by atoms with Gasteiger partial charge in [-0.15, -0.1) is 11.3 Å². The fourth-order valence-corrected chi connectivity index (χ4v) is 2.92. The number of hydrogen-bond acceptors (Lipinski definition) is 6. The quantitative estimate of drug-likeness (QED) is 0.851. The number of benzene rings is 1. The maximum absolute atomic E-state index is 11.9. The van der Waals surface area contributed by atoms with Crippen LogP contribution in [0.5, 0.6) is 0 Å². The van der Waals surface area contributed by atoms with Gasteiger partial charge in [0.15, 0.2) is 9.84 Å². The summed E-state index contributed by atoms with van der Waals surface area (Å²) in [6.45, 7) is 0.614. The third kappa shape index (κ3) is 4.10. The molecule has 1 aromatic carbocycles. The summed E-state index contributed by atoms with van der Waals surface area (Å²) in [6, 6.07) is 6.38. The van der Waals surface area contributed by atoms with Crippen molar-refractivity contribution in [2.45, 2.75) is 18.0 Å². The molecule has 0 saturated carbocycles. The van der Waals surface area contributed by atoms with Crippen LogP contribution in [0.1, 0.15) is 21.1 Å². The zero-order valence-corrected chi connectivity index (χ0v) is 13.0. The van der Waals surface area contributed by atoms with Gasteiger partial charge in [0, 0.05) is 24.7 Å². The zero-order chi connectivity index (χ0) is 15.5. The molecule has 0 aliphatic rings. The smallest absolute Gasteiger partial charge is 0.271 e. The molecule has 0 radical (unpaired) electrons. The summed E-state index contributed by atoms with van der Waals surface area (Å²) >= 11 is 1.34. The zero-order valence-electron chi connectivity index (χ0n) is 11.4. The number of carbonyl (C=O) groups is 1. The van der Waals surface area contributed by atoms with Gasteiger partial charge >= 0.3 is 0 Å². The van der Waals surface area contributed by atoms with E-state index in [0.29, 0.717) is 23.8 Å². The summed E-state index contributed by atoms with van der Waals surface area (Å²) in [7, 11) is -3.20. The molecule has 0 bridgehead atoms. The Bertz CT molecular complexity index is 736. The van der Waals surface area contributed by atoms with E-state index < -0.39 is 9.84 Å². The van der Waals surface area contributed by atoms with Crippen LogP contribution >= 0.6 is 11.3 Å². The molecule has 0 fully saturated rings. The topological polar surface area (TPSA) is 102 Å². The van der Waals surface area contributed by atoms with Crippen LogP contribution in [0.2, 0.25) is 0 Å². The molecule has 2 aromatic rings. The van der Waals surface area contributed by atoms with Crippen molar-refractivity contribution >= 4 is 27.1 Å². The fraction of sp³-hybridized carbons (Fsp3) is 0.231. The van der Waals surface area contributed by atoms with E-state index in [1.54, 1.807) is 17.5 Å². The van der Waals surface area contributed by atoms with E-state index in [1.807, 2.05) is 0 Å². The van der Waals surface area contributed by atoms with Crippen molar-refractivity contribution in [3.8, 4) is 0 Å². The van der Waals surface area contributed by atoms with Gasteiger partial charge in [0.05, 0.1) is 4.90 Å². The number of nitrogens with two attached hydrogens (primary N) is 1. The van der Waals surface area contributed by atoms with Crippen LogP contribution in [-0.4, -0.2) is 25.6 Å². The SMILES string of the molecule is CS(=O)(=O)c1ccc(CNC(=O)c2csc(CN)n2)cc1. The highest BCUT2D eigenvalue weighted by Gasteiger charge is 2.10. The Kier molecular flexibility index (Phi) is 4.71. The van der Waals surface area contributed by atoms with Crippen molar-refractivity contribution in [3.05, 3.63) is 45.9 Å². The van der Waals surface area contributed by atoms with Crippen LogP contribution in [0, 0.1) is 0 Å². The third-order valence-electron chi connectivity index (χ3n) is 2.76. The first-order chi connectivity index (χ1) is 9.90. The monoisotopic (exact) mass is 325 g/mol. The molecule has 0 aliphatic carbocycles. The Hall–Kier alpha value is -1.77. The van der Waals surface area contributed by atoms with Crippen molar-refractivity contribution in [2.75, 3.05) is 6.26 Å². The molecule has 0 saturated heterocycles. The van der Waals surface area contributed by atoms with Gasteiger partial charge < -0.3 is 11.1 Å². The molecule has 3 N–H and O–H groups in total. The maximum Gasteiger partial charge on any atom is 0.271 e. The Morgan fingerprint density at radius 1 is 1.33 bits per heavy atom. The minimum atomic E-state index is -3.20. The van der Waals surface area contributed by atoms with E-state index in [2.05, 4.69) is 10.3 Å². The lowest BCUT2D eigenvalue weighted by molar-refractivity contribution is 0.0946. The second kappa shape index (κ2) is 6.33. The summed E-state index contributed by atoms with van der Waals surface area (Å²) in [5.41, 5.74) is 6.60. The first-order valence-electron chi connectivity index (χ1n) is 6.12. The van der Waals surface area contributed by atoms with E-state index in [4.69, 9.17) is 5.73 Å². The van der Waals surface area contributed by atoms with Gasteiger partial charge in [-0.2, -0.15) is 0 Å². The summed E-state index contributed by atoms with van der Waals surface area (Å²) in [6.07, 6.45) is 1.15. The average Bonchev–Trinajstić information content (AvgIpc) is 2.93. The molecule has 2 rings (SSSR count). The van der Waals surface area contributed by atoms with Gasteiger partial charge in [-0.1, -0.05) is 12.1 Å². The van der Waals surface area contributed by atoms with Crippen molar-refractivity contribution < 1.29 is 13.2 Å². The standard InChI is InChI=1S/C13H15N3O3S2/c1-21(18,19)10-4-2-9(3-5-10)7-15-13(17)11-8-20-12(6-14)16-11/h2-5,8H,6-7,14H2,1H3,(H,15,17). The highest BCUT2D eigenvalue weighted by molar-refractivity contribution is 7.90. The molecular weight excluding hydrogens is 310 g/mol. The number of hydrogen-bond donors (Lipinski definition) is 2. The number of aromatic nitrogens is 1. The predicted octanol–water partition coefficient (Wildman–Crippen LogP) is 0.935. The maximum atomic E-state index is 11.9. The predicted molar refractivity (Wildman–Crippen MR) is 80.7 cm³/mol. The number of carbonyl (C=O) groups excluding carboxylic acids is 1. The molecule has 1 aromatic heterocycles. The molecule has 0 atom stereocenters. The van der Waals surface area contributed by atoms with Crippen LogP contribution in [0.3, 0.4) is 0 Å². The number of sulfone groups is 1. The highest BCUT2D eigenvalue weighted by atomic mass is 32.2. The van der Waals surface area contributed by atoms with E-state index in [1.165, 1.54) is 23.5 Å². The van der Waals surface area contributed by atoms with Crippen LogP contribution in [-0.2, 0) is 22.9 Å². The minimum absolute atomic E-state index is 0.254. The van der Waals surface area contributed by atoms with Gasteiger partial charge in [-0.05, 0) is 17.7 Å². The molecule has 1 heterocycles. The summed E-state index contributed by atoms with van der Waals surface area (Å²) in [5, 5.41) is 5.09. The van der Waals surface area contributed by atoms with Gasteiger partial charge in [0.25, 0.3) is 5.91 Å². The lowest BCUT2D eigenvalue weighted by atomic mass is 10.2. The van der Waals surface area contributed by atoms with Crippen molar-refractivity contribution in [3.63, 3.8) is 0 Å². The molecule has 6 nitrogen and oxygen atoms in total. The van der Waals surface area contributed by atoms with Gasteiger partial charge in [-0.3, -0.25) is 4.79 Å². The largest absolute Gasteiger partial charge is 0.347 e. The third-order valence-corrected chi connectivity index (χ3v) is 4.76. The van der Waals surface area contributed by atoms with E-state index >= 15 is 0 Å². The first kappa shape index (κ1) is 15.6. The number of nitrogens with one attached hydrogen (secondary N) is 1. The Morgan fingerprint density at radius 2 is 2.00 bits per heavy atom. The van der Waals surface area contributed by atoms with Crippen LogP contribution < -0.4 is 11.1 Å². The van der Waals surface area contributed by atoms with Gasteiger partial charge in [0.2, 0.25) is 0 Å². The lowest BCUT2D eigenvalue weighted by Gasteiger charge is -2.04. The van der Waals surface area contributed by atoms with Gasteiger partial charge in [-0.25, -0.2) is 13.4 Å². The van der Waals surface area contributed by atoms with Crippen molar-refractivity contribution in [1.29, 1.82) is 0 Å². The molecule has 0 unspecified atom stereocenters. The molecule has 0 aliphatic heterocycles. The average molecular weight is 325 g/mol. The molecule has 8 heteroatoms. The van der Waals surface area contributed by atoms with Crippen LogP contribution in [0.4, 0.5) is 0 Å². The highest BCUT2D eigenvalue weighted by Crippen LogP contribution is 2.11. The number of amides is 1. The Morgan fingerprint density at radius 3 is 2.52 bits per heavy atom. The van der Waals surface area contributed by atoms with Crippen molar-refractivity contribution in [2.24, 2.45) is 5.73 Å². The normalized spacial score (nSPS) is 11.3. The van der Waals surface area contributed by atoms with Crippen molar-refractivity contribution in [1.82, 2.24) is 10.3 Å². The van der Waals surface area contributed by atoms with E-state index in [-0.39, 0.29) is 10.8 Å². The molecule has 0 spiro atoms. The molecule has 1 amide bonds. The fourth-order valence-electron chi connectivity index (χ4n) is 1.64. The number of nitrogens with zero attached hydrogens (tertiary/aromatic N) is 1. The summed E-state index contributed by atoms with van der Waals surface area (Å²) in [4.78, 5) is 16.2. The first-order valence-corrected chi connectivity index (χ1v) is 8.89. The second-order valence-electron chi connectivity index (χ2n) is 4.43. The minimum Gasteiger partial charge on any atom is -0.347 e. The summed E-state index contributed by atoms with van der Waals surface area (Å²) < 4.78 is 22.7.